The lowest BCUT2D eigenvalue weighted by molar-refractivity contribution is -0.275. The lowest BCUT2D eigenvalue weighted by atomic mass is 10.1. The van der Waals surface area contributed by atoms with E-state index in [9.17, 15) is 22.4 Å². The standard InChI is InChI=1S/C9H5ClF4O2/c1-4(15)7-5(10)2-3-6(11)8(7)16-9(12,13)14/h2-3H,1H3. The number of alkyl halides is 3. The summed E-state index contributed by atoms with van der Waals surface area (Å²) in [6.07, 6.45) is -5.09. The van der Waals surface area contributed by atoms with Gasteiger partial charge in [0.1, 0.15) is 0 Å². The number of hydrogen-bond acceptors (Lipinski definition) is 2. The molecule has 0 N–H and O–H groups in total. The van der Waals surface area contributed by atoms with Gasteiger partial charge in [-0.3, -0.25) is 4.79 Å². The molecule has 0 saturated heterocycles. The highest BCUT2D eigenvalue weighted by Gasteiger charge is 2.34. The molecule has 0 radical (unpaired) electrons. The zero-order valence-electron chi connectivity index (χ0n) is 7.86. The topological polar surface area (TPSA) is 26.3 Å². The van der Waals surface area contributed by atoms with Crippen molar-refractivity contribution >= 4 is 17.4 Å². The predicted octanol–water partition coefficient (Wildman–Crippen LogP) is 3.58. The molecule has 0 aliphatic rings. The maximum atomic E-state index is 13.1. The first-order valence-electron chi connectivity index (χ1n) is 3.97. The molecule has 1 aromatic carbocycles. The van der Waals surface area contributed by atoms with Gasteiger partial charge in [-0.05, 0) is 19.1 Å². The molecule has 7 heteroatoms. The van der Waals surface area contributed by atoms with E-state index >= 15 is 0 Å². The summed E-state index contributed by atoms with van der Waals surface area (Å²) < 4.78 is 52.4. The number of rotatable bonds is 2. The van der Waals surface area contributed by atoms with Gasteiger partial charge in [0.25, 0.3) is 0 Å². The fourth-order valence-electron chi connectivity index (χ4n) is 1.08. The number of hydrogen-bond donors (Lipinski definition) is 0. The number of carbonyl (C=O) groups is 1. The molecule has 16 heavy (non-hydrogen) atoms. The molecule has 0 aliphatic carbocycles. The summed E-state index contributed by atoms with van der Waals surface area (Å²) in [7, 11) is 0. The van der Waals surface area contributed by atoms with E-state index in [1.165, 1.54) is 0 Å². The van der Waals surface area contributed by atoms with Crippen molar-refractivity contribution < 1.29 is 27.1 Å². The fourth-order valence-corrected chi connectivity index (χ4v) is 1.36. The van der Waals surface area contributed by atoms with Crippen LogP contribution in [0, 0.1) is 5.82 Å². The zero-order chi connectivity index (χ0) is 12.5. The van der Waals surface area contributed by atoms with Gasteiger partial charge < -0.3 is 4.74 Å². The minimum absolute atomic E-state index is 0.298. The van der Waals surface area contributed by atoms with Crippen LogP contribution in [0.15, 0.2) is 12.1 Å². The highest BCUT2D eigenvalue weighted by molar-refractivity contribution is 6.34. The van der Waals surface area contributed by atoms with Crippen LogP contribution in [-0.4, -0.2) is 12.1 Å². The lowest BCUT2D eigenvalue weighted by Gasteiger charge is -2.13. The molecular formula is C9H5ClF4O2. The van der Waals surface area contributed by atoms with Gasteiger partial charge >= 0.3 is 6.36 Å². The molecule has 0 aliphatic heterocycles. The molecule has 0 aromatic heterocycles. The minimum Gasteiger partial charge on any atom is -0.402 e. The van der Waals surface area contributed by atoms with Crippen LogP contribution in [0.2, 0.25) is 5.02 Å². The number of benzene rings is 1. The number of ketones is 1. The van der Waals surface area contributed by atoms with Crippen molar-refractivity contribution in [1.29, 1.82) is 0 Å². The Morgan fingerprint density at radius 2 is 1.94 bits per heavy atom. The second-order valence-corrected chi connectivity index (χ2v) is 3.24. The molecule has 2 nitrogen and oxygen atoms in total. The Bertz CT molecular complexity index is 428. The summed E-state index contributed by atoms with van der Waals surface area (Å²) in [4.78, 5) is 11.0. The van der Waals surface area contributed by atoms with Crippen LogP contribution in [0.25, 0.3) is 0 Å². The first-order valence-corrected chi connectivity index (χ1v) is 4.35. The van der Waals surface area contributed by atoms with Gasteiger partial charge in [-0.15, -0.1) is 13.2 Å². The molecule has 0 saturated carbocycles. The molecule has 0 fully saturated rings. The monoisotopic (exact) mass is 256 g/mol. The Morgan fingerprint density at radius 1 is 1.38 bits per heavy atom. The van der Waals surface area contributed by atoms with Gasteiger partial charge in [0.05, 0.1) is 10.6 Å². The number of halogens is 5. The lowest BCUT2D eigenvalue weighted by Crippen LogP contribution is -2.20. The third-order valence-corrected chi connectivity index (χ3v) is 1.94. The van der Waals surface area contributed by atoms with Crippen LogP contribution in [0.4, 0.5) is 17.6 Å². The maximum Gasteiger partial charge on any atom is 0.573 e. The van der Waals surface area contributed by atoms with Crippen LogP contribution in [0.5, 0.6) is 5.75 Å². The van der Waals surface area contributed by atoms with E-state index in [-0.39, 0.29) is 5.02 Å². The van der Waals surface area contributed by atoms with Gasteiger partial charge in [0, 0.05) is 0 Å². The summed E-state index contributed by atoms with van der Waals surface area (Å²) in [5.74, 6) is -3.32. The van der Waals surface area contributed by atoms with Gasteiger partial charge in [-0.1, -0.05) is 11.6 Å². The Labute approximate surface area is 92.8 Å². The molecule has 1 rings (SSSR count). The van der Waals surface area contributed by atoms with Crippen molar-refractivity contribution in [2.45, 2.75) is 13.3 Å². The first-order chi connectivity index (χ1) is 7.22. The van der Waals surface area contributed by atoms with E-state index in [4.69, 9.17) is 11.6 Å². The van der Waals surface area contributed by atoms with Crippen LogP contribution in [-0.2, 0) is 0 Å². The molecule has 0 heterocycles. The Morgan fingerprint density at radius 3 is 2.38 bits per heavy atom. The SMILES string of the molecule is CC(=O)c1c(Cl)ccc(F)c1OC(F)(F)F. The van der Waals surface area contributed by atoms with Crippen LogP contribution < -0.4 is 4.74 Å². The van der Waals surface area contributed by atoms with Crippen LogP contribution in [0.3, 0.4) is 0 Å². The van der Waals surface area contributed by atoms with E-state index in [1.54, 1.807) is 0 Å². The molecule has 0 atom stereocenters. The van der Waals surface area contributed by atoms with Crippen molar-refractivity contribution in [2.75, 3.05) is 0 Å². The number of Topliss-reactive ketones (excluding diaryl/α,β-unsaturated/α-hetero) is 1. The van der Waals surface area contributed by atoms with E-state index in [0.29, 0.717) is 6.07 Å². The quantitative estimate of drug-likeness (QED) is 0.597. The zero-order valence-corrected chi connectivity index (χ0v) is 8.62. The van der Waals surface area contributed by atoms with Gasteiger partial charge in [-0.2, -0.15) is 0 Å². The average Bonchev–Trinajstić information content (AvgIpc) is 2.08. The summed E-state index contributed by atoms with van der Waals surface area (Å²) in [6.45, 7) is 0.962. The van der Waals surface area contributed by atoms with Crippen molar-refractivity contribution in [2.24, 2.45) is 0 Å². The van der Waals surface area contributed by atoms with E-state index < -0.39 is 29.3 Å². The van der Waals surface area contributed by atoms with Gasteiger partial charge in [-0.25, -0.2) is 4.39 Å². The summed E-state index contributed by atoms with van der Waals surface area (Å²) >= 11 is 5.49. The summed E-state index contributed by atoms with van der Waals surface area (Å²) in [5, 5.41) is -0.298. The second-order valence-electron chi connectivity index (χ2n) is 2.84. The third-order valence-electron chi connectivity index (χ3n) is 1.63. The number of ether oxygens (including phenoxy) is 1. The third kappa shape index (κ3) is 2.85. The van der Waals surface area contributed by atoms with Gasteiger partial charge in [0.2, 0.25) is 0 Å². The van der Waals surface area contributed by atoms with E-state index in [1.807, 2.05) is 0 Å². The van der Waals surface area contributed by atoms with Crippen molar-refractivity contribution in [3.8, 4) is 5.75 Å². The normalized spacial score (nSPS) is 11.4. The summed E-state index contributed by atoms with van der Waals surface area (Å²) in [5.41, 5.74) is -0.626. The second kappa shape index (κ2) is 4.29. The molecule has 1 aromatic rings. The van der Waals surface area contributed by atoms with Crippen molar-refractivity contribution in [3.63, 3.8) is 0 Å². The smallest absolute Gasteiger partial charge is 0.402 e. The molecule has 0 bridgehead atoms. The Balaban J connectivity index is 3.35. The molecule has 88 valence electrons. The van der Waals surface area contributed by atoms with Crippen molar-refractivity contribution in [3.05, 3.63) is 28.5 Å². The first kappa shape index (κ1) is 12.8. The Kier molecular flexibility index (Phi) is 3.42. The molecule has 0 amide bonds. The minimum atomic E-state index is -5.09. The largest absolute Gasteiger partial charge is 0.573 e. The van der Waals surface area contributed by atoms with Crippen LogP contribution in [0.1, 0.15) is 17.3 Å². The van der Waals surface area contributed by atoms with Gasteiger partial charge in [0.15, 0.2) is 17.3 Å². The predicted molar refractivity (Wildman–Crippen MR) is 48.1 cm³/mol. The molecule has 0 spiro atoms. The van der Waals surface area contributed by atoms with E-state index in [0.717, 1.165) is 13.0 Å². The summed E-state index contributed by atoms with van der Waals surface area (Å²) in [6, 6.07) is 1.67. The highest BCUT2D eigenvalue weighted by atomic mass is 35.5. The molecule has 0 unspecified atom stereocenters. The fraction of sp³-hybridized carbons (Fsp3) is 0.222. The molecular weight excluding hydrogens is 252 g/mol. The Hall–Kier alpha value is -1.30. The average molecular weight is 257 g/mol. The van der Waals surface area contributed by atoms with Crippen molar-refractivity contribution in [1.82, 2.24) is 0 Å². The maximum absolute atomic E-state index is 13.1. The van der Waals surface area contributed by atoms with Crippen LogP contribution >= 0.6 is 11.6 Å². The number of carbonyl (C=O) groups excluding carboxylic acids is 1. The van der Waals surface area contributed by atoms with E-state index in [2.05, 4.69) is 4.74 Å². The highest BCUT2D eigenvalue weighted by Crippen LogP contribution is 2.33.